The number of aliphatic hydroxyl groups is 2. The van der Waals surface area contributed by atoms with E-state index in [1.165, 1.54) is 52.1 Å². The molecule has 0 saturated heterocycles. The van der Waals surface area contributed by atoms with Gasteiger partial charge in [-0.3, -0.25) is 14.4 Å². The summed E-state index contributed by atoms with van der Waals surface area (Å²) in [5.41, 5.74) is 0.827. The van der Waals surface area contributed by atoms with Gasteiger partial charge in [0, 0.05) is 37.1 Å². The molecule has 10 heteroatoms. The van der Waals surface area contributed by atoms with Gasteiger partial charge in [-0.05, 0) is 66.0 Å². The Morgan fingerprint density at radius 2 is 1.72 bits per heavy atom. The van der Waals surface area contributed by atoms with Crippen LogP contribution in [0.25, 0.3) is 0 Å². The van der Waals surface area contributed by atoms with Crippen molar-refractivity contribution < 1.29 is 34.1 Å². The molecular formula is C36H55IN2O7. The average molecular weight is 755 g/mol. The molecule has 1 saturated carbocycles. The molecule has 1 fully saturated rings. The van der Waals surface area contributed by atoms with Crippen molar-refractivity contribution in [2.24, 2.45) is 5.92 Å². The van der Waals surface area contributed by atoms with Gasteiger partial charge < -0.3 is 29.9 Å². The predicted octanol–water partition coefficient (Wildman–Crippen LogP) is 6.36. The Morgan fingerprint density at radius 1 is 1.04 bits per heavy atom. The van der Waals surface area contributed by atoms with Crippen LogP contribution in [0.1, 0.15) is 120 Å². The summed E-state index contributed by atoms with van der Waals surface area (Å²) in [4.78, 5) is 40.5. The first kappa shape index (κ1) is 38.3. The van der Waals surface area contributed by atoms with E-state index in [1.807, 2.05) is 4.90 Å². The lowest BCUT2D eigenvalue weighted by molar-refractivity contribution is -0.140. The Labute approximate surface area is 289 Å². The number of hydrogen-bond acceptors (Lipinski definition) is 7. The first-order valence-electron chi connectivity index (χ1n) is 17.4. The molecule has 0 bridgehead atoms. The minimum Gasteiger partial charge on any atom is -0.493 e. The van der Waals surface area contributed by atoms with E-state index in [9.17, 15) is 24.6 Å². The van der Waals surface area contributed by atoms with Crippen molar-refractivity contribution in [1.82, 2.24) is 10.2 Å². The molecule has 3 rings (SSSR count). The van der Waals surface area contributed by atoms with Crippen molar-refractivity contribution in [2.45, 2.75) is 128 Å². The molecule has 9 nitrogen and oxygen atoms in total. The summed E-state index contributed by atoms with van der Waals surface area (Å²) in [5, 5.41) is 23.9. The van der Waals surface area contributed by atoms with Gasteiger partial charge in [0.15, 0.2) is 11.5 Å². The summed E-state index contributed by atoms with van der Waals surface area (Å²) < 4.78 is 12.5. The smallest absolute Gasteiger partial charge is 0.247 e. The van der Waals surface area contributed by atoms with E-state index in [-0.39, 0.29) is 31.4 Å². The average Bonchev–Trinajstić information content (AvgIpc) is 3.07. The maximum absolute atomic E-state index is 14.0. The van der Waals surface area contributed by atoms with Crippen LogP contribution >= 0.6 is 22.6 Å². The molecule has 0 spiro atoms. The maximum Gasteiger partial charge on any atom is 0.247 e. The highest BCUT2D eigenvalue weighted by Gasteiger charge is 2.41. The molecule has 3 atom stereocenters. The van der Waals surface area contributed by atoms with Crippen LogP contribution in [0.3, 0.4) is 0 Å². The van der Waals surface area contributed by atoms with Gasteiger partial charge in [0.1, 0.15) is 18.5 Å². The molecule has 0 heterocycles. The summed E-state index contributed by atoms with van der Waals surface area (Å²) in [7, 11) is 1.48. The normalized spacial score (nSPS) is 20.1. The Bertz CT molecular complexity index is 1140. The Kier molecular flexibility index (Phi) is 17.4. The zero-order valence-electron chi connectivity index (χ0n) is 27.8. The van der Waals surface area contributed by atoms with E-state index >= 15 is 0 Å². The van der Waals surface area contributed by atoms with Crippen LogP contribution in [0.2, 0.25) is 0 Å². The van der Waals surface area contributed by atoms with Gasteiger partial charge >= 0.3 is 0 Å². The third kappa shape index (κ3) is 11.8. The van der Waals surface area contributed by atoms with Crippen LogP contribution in [0.5, 0.6) is 11.5 Å². The second-order valence-electron chi connectivity index (χ2n) is 12.8. The molecular weight excluding hydrogens is 699 g/mol. The Hall–Kier alpha value is -2.18. The number of nitrogens with one attached hydrogen (secondary N) is 1. The van der Waals surface area contributed by atoms with Crippen molar-refractivity contribution in [3.8, 4) is 11.5 Å². The first-order chi connectivity index (χ1) is 22.3. The highest BCUT2D eigenvalue weighted by molar-refractivity contribution is 14.1. The zero-order chi connectivity index (χ0) is 33.3. The summed E-state index contributed by atoms with van der Waals surface area (Å²) in [6, 6.07) is 2.58. The molecule has 2 aliphatic rings. The van der Waals surface area contributed by atoms with Crippen LogP contribution in [-0.4, -0.2) is 78.3 Å². The SMILES string of the molecule is CCCCCCCCCCCC(=O)N(CC1CCCCC1)[C@@H]1CC(C(=O)NCCO)=C[C@H](Oc2c(I)cc(C=O)cc2OC)[C@H]1O. The van der Waals surface area contributed by atoms with Crippen molar-refractivity contribution in [3.05, 3.63) is 32.9 Å². The molecule has 0 aromatic heterocycles. The number of ether oxygens (including phenoxy) is 2. The summed E-state index contributed by atoms with van der Waals surface area (Å²) in [5.74, 6) is 0.687. The first-order valence-corrected chi connectivity index (χ1v) is 18.5. The standard InChI is InChI=1S/C36H55IN2O7/c1-3-4-5-6-7-8-9-10-14-17-33(42)39(24-26-15-12-11-13-16-26)30-22-28(36(44)38-18-19-40)23-31(34(30)43)46-35-29(37)20-27(25-41)21-32(35)45-2/h20-21,23,25-26,30-31,34,40,43H,3-19,22,24H2,1-2H3,(H,38,44)/t30-,31+,34+/m1/s1. The zero-order valence-corrected chi connectivity index (χ0v) is 30.0. The molecule has 2 aliphatic carbocycles. The molecule has 3 N–H and O–H groups in total. The van der Waals surface area contributed by atoms with E-state index in [2.05, 4.69) is 34.8 Å². The number of halogens is 1. The van der Waals surface area contributed by atoms with E-state index in [4.69, 9.17) is 9.47 Å². The largest absolute Gasteiger partial charge is 0.493 e. The topological polar surface area (TPSA) is 125 Å². The molecule has 0 unspecified atom stereocenters. The van der Waals surface area contributed by atoms with Crippen LogP contribution in [0.4, 0.5) is 0 Å². The predicted molar refractivity (Wildman–Crippen MR) is 188 cm³/mol. The number of unbranched alkanes of at least 4 members (excludes halogenated alkanes) is 8. The number of hydrogen-bond donors (Lipinski definition) is 3. The lowest BCUT2D eigenvalue weighted by Gasteiger charge is -2.42. The van der Waals surface area contributed by atoms with Crippen LogP contribution in [0.15, 0.2) is 23.8 Å². The van der Waals surface area contributed by atoms with E-state index in [0.29, 0.717) is 45.1 Å². The number of carbonyl (C=O) groups is 3. The van der Waals surface area contributed by atoms with Gasteiger partial charge in [0.05, 0.1) is 23.3 Å². The van der Waals surface area contributed by atoms with Gasteiger partial charge in [-0.15, -0.1) is 0 Å². The minimum absolute atomic E-state index is 0.0100. The lowest BCUT2D eigenvalue weighted by Crippen LogP contribution is -2.56. The number of amides is 2. The molecule has 1 aromatic rings. The second-order valence-corrected chi connectivity index (χ2v) is 14.0. The fraction of sp³-hybridized carbons (Fsp3) is 0.694. The number of rotatable bonds is 20. The number of nitrogens with zero attached hydrogens (tertiary/aromatic N) is 1. The number of carbonyl (C=O) groups excluding carboxylic acids is 3. The lowest BCUT2D eigenvalue weighted by atomic mass is 9.85. The summed E-state index contributed by atoms with van der Waals surface area (Å²) in [6.45, 7) is 2.67. The third-order valence-electron chi connectivity index (χ3n) is 9.25. The summed E-state index contributed by atoms with van der Waals surface area (Å²) in [6.07, 6.45) is 16.9. The van der Waals surface area contributed by atoms with Gasteiger partial charge in [-0.1, -0.05) is 77.6 Å². The number of aliphatic hydroxyl groups excluding tert-OH is 2. The number of methoxy groups -OCH3 is 1. The van der Waals surface area contributed by atoms with Crippen molar-refractivity contribution in [3.63, 3.8) is 0 Å². The second kappa shape index (κ2) is 20.9. The van der Waals surface area contributed by atoms with Gasteiger partial charge in [0.25, 0.3) is 0 Å². The highest BCUT2D eigenvalue weighted by atomic mass is 127. The molecule has 258 valence electrons. The number of benzene rings is 1. The molecule has 0 radical (unpaired) electrons. The van der Waals surface area contributed by atoms with E-state index in [1.54, 1.807) is 18.2 Å². The minimum atomic E-state index is -1.10. The monoisotopic (exact) mass is 754 g/mol. The quantitative estimate of drug-likeness (QED) is 0.0805. The fourth-order valence-corrected chi connectivity index (χ4v) is 7.39. The van der Waals surface area contributed by atoms with E-state index in [0.717, 1.165) is 51.2 Å². The Morgan fingerprint density at radius 3 is 2.35 bits per heavy atom. The maximum atomic E-state index is 14.0. The van der Waals surface area contributed by atoms with Crippen molar-refractivity contribution in [1.29, 1.82) is 0 Å². The van der Waals surface area contributed by atoms with Crippen LogP contribution in [-0.2, 0) is 9.59 Å². The molecule has 46 heavy (non-hydrogen) atoms. The van der Waals surface area contributed by atoms with Crippen molar-refractivity contribution in [2.75, 3.05) is 26.8 Å². The molecule has 1 aromatic carbocycles. The fourth-order valence-electron chi connectivity index (χ4n) is 6.64. The molecule has 0 aliphatic heterocycles. The van der Waals surface area contributed by atoms with Gasteiger partial charge in [-0.25, -0.2) is 0 Å². The van der Waals surface area contributed by atoms with Gasteiger partial charge in [0.2, 0.25) is 11.8 Å². The highest BCUT2D eigenvalue weighted by Crippen LogP contribution is 2.37. The third-order valence-corrected chi connectivity index (χ3v) is 10.1. The van der Waals surface area contributed by atoms with E-state index < -0.39 is 18.2 Å². The van der Waals surface area contributed by atoms with Crippen LogP contribution in [0, 0.1) is 9.49 Å². The van der Waals surface area contributed by atoms with Gasteiger partial charge in [-0.2, -0.15) is 0 Å². The molecule has 2 amide bonds. The van der Waals surface area contributed by atoms with Crippen molar-refractivity contribution >= 4 is 40.7 Å². The van der Waals surface area contributed by atoms with Crippen LogP contribution < -0.4 is 14.8 Å². The summed E-state index contributed by atoms with van der Waals surface area (Å²) >= 11 is 2.06. The number of aldehydes is 1. The Balaban J connectivity index is 1.82.